The van der Waals surface area contributed by atoms with Gasteiger partial charge in [0, 0.05) is 6.54 Å². The molecule has 0 bridgehead atoms. The van der Waals surface area contributed by atoms with E-state index in [1.807, 2.05) is 6.92 Å². The number of nitrogens with one attached hydrogen (secondary N) is 2. The third-order valence-corrected chi connectivity index (χ3v) is 2.67. The predicted molar refractivity (Wildman–Crippen MR) is 75.4 cm³/mol. The van der Waals surface area contributed by atoms with Gasteiger partial charge in [0.2, 0.25) is 5.96 Å². The second kappa shape index (κ2) is 5.95. The molecule has 0 saturated carbocycles. The summed E-state index contributed by atoms with van der Waals surface area (Å²) in [5, 5.41) is 17.8. The Bertz CT molecular complexity index is 600. The number of aliphatic imine (C=N–C) groups is 1. The van der Waals surface area contributed by atoms with Gasteiger partial charge in [0.05, 0.1) is 19.3 Å². The number of nitrogens with zero attached hydrogens (tertiary/aromatic N) is 5. The highest BCUT2D eigenvalue weighted by Crippen LogP contribution is 2.11. The first kappa shape index (κ1) is 13.7. The molecule has 0 radical (unpaired) electrons. The fourth-order valence-corrected chi connectivity index (χ4v) is 1.59. The molecule has 2 heterocycles. The highest BCUT2D eigenvalue weighted by atomic mass is 16.6. The first-order valence-electron chi connectivity index (χ1n) is 6.00. The SMILES string of the molecule is CC(/C=C/c1cnc([N+](=O)[O-])n1C)=N\NC1=NCCN1. The molecule has 0 amide bonds. The van der Waals surface area contributed by atoms with E-state index < -0.39 is 4.92 Å². The fraction of sp³-hybridized carbons (Fsp3) is 0.364. The summed E-state index contributed by atoms with van der Waals surface area (Å²) in [6.45, 7) is 3.36. The zero-order chi connectivity index (χ0) is 14.5. The zero-order valence-corrected chi connectivity index (χ0v) is 11.2. The Hall–Kier alpha value is -2.71. The maximum atomic E-state index is 10.7. The number of hydrogen-bond donors (Lipinski definition) is 2. The smallest absolute Gasteiger partial charge is 0.390 e. The van der Waals surface area contributed by atoms with E-state index in [-0.39, 0.29) is 5.95 Å². The van der Waals surface area contributed by atoms with Crippen LogP contribution in [-0.4, -0.2) is 39.2 Å². The van der Waals surface area contributed by atoms with Crippen molar-refractivity contribution in [3.63, 3.8) is 0 Å². The van der Waals surface area contributed by atoms with Crippen LogP contribution in [0.3, 0.4) is 0 Å². The summed E-state index contributed by atoms with van der Waals surface area (Å²) in [5.41, 5.74) is 4.14. The predicted octanol–water partition coefficient (Wildman–Crippen LogP) is 0.266. The van der Waals surface area contributed by atoms with Gasteiger partial charge in [-0.15, -0.1) is 0 Å². The molecule has 0 fully saturated rings. The molecule has 20 heavy (non-hydrogen) atoms. The number of hydrazone groups is 1. The molecule has 0 spiro atoms. The Morgan fingerprint density at radius 2 is 2.50 bits per heavy atom. The molecular weight excluding hydrogens is 262 g/mol. The van der Waals surface area contributed by atoms with Gasteiger partial charge in [0.25, 0.3) is 0 Å². The van der Waals surface area contributed by atoms with Crippen LogP contribution < -0.4 is 10.7 Å². The second-order valence-corrected chi connectivity index (χ2v) is 4.15. The van der Waals surface area contributed by atoms with Crippen molar-refractivity contribution in [3.8, 4) is 0 Å². The van der Waals surface area contributed by atoms with Crippen molar-refractivity contribution >= 4 is 23.7 Å². The lowest BCUT2D eigenvalue weighted by Gasteiger charge is -2.00. The molecule has 1 aromatic heterocycles. The maximum Gasteiger partial charge on any atom is 0.434 e. The molecule has 0 saturated heterocycles. The van der Waals surface area contributed by atoms with Crippen LogP contribution in [0.5, 0.6) is 0 Å². The van der Waals surface area contributed by atoms with Crippen LogP contribution in [-0.2, 0) is 7.05 Å². The number of imidazole rings is 1. The molecule has 0 unspecified atom stereocenters. The molecule has 1 aliphatic heterocycles. The Balaban J connectivity index is 2.01. The van der Waals surface area contributed by atoms with E-state index in [9.17, 15) is 10.1 Å². The molecule has 2 rings (SSSR count). The van der Waals surface area contributed by atoms with Crippen molar-refractivity contribution in [2.75, 3.05) is 13.1 Å². The summed E-state index contributed by atoms with van der Waals surface area (Å²) >= 11 is 0. The van der Waals surface area contributed by atoms with Crippen LogP contribution in [0.15, 0.2) is 22.4 Å². The quantitative estimate of drug-likeness (QED) is 0.466. The average molecular weight is 277 g/mol. The van der Waals surface area contributed by atoms with Crippen LogP contribution in [0.2, 0.25) is 0 Å². The minimum absolute atomic E-state index is 0.193. The van der Waals surface area contributed by atoms with Crippen LogP contribution in [0.1, 0.15) is 12.6 Å². The van der Waals surface area contributed by atoms with Crippen molar-refractivity contribution in [1.82, 2.24) is 20.3 Å². The number of allylic oxidation sites excluding steroid dienone is 1. The van der Waals surface area contributed by atoms with Crippen LogP contribution in [0, 0.1) is 10.1 Å². The zero-order valence-electron chi connectivity index (χ0n) is 11.2. The molecular formula is C11H15N7O2. The number of aromatic nitrogens is 2. The van der Waals surface area contributed by atoms with E-state index in [1.54, 1.807) is 19.2 Å². The number of rotatable bonds is 4. The molecule has 0 aromatic carbocycles. The van der Waals surface area contributed by atoms with Crippen molar-refractivity contribution < 1.29 is 4.92 Å². The van der Waals surface area contributed by atoms with Gasteiger partial charge in [0.1, 0.15) is 11.9 Å². The van der Waals surface area contributed by atoms with E-state index in [1.165, 1.54) is 10.8 Å². The van der Waals surface area contributed by atoms with Gasteiger partial charge in [-0.25, -0.2) is 15.0 Å². The van der Waals surface area contributed by atoms with E-state index >= 15 is 0 Å². The Kier molecular flexibility index (Phi) is 4.08. The van der Waals surface area contributed by atoms with Crippen molar-refractivity contribution in [2.45, 2.75) is 6.92 Å². The van der Waals surface area contributed by atoms with Crippen molar-refractivity contribution in [2.24, 2.45) is 17.1 Å². The third kappa shape index (κ3) is 3.19. The minimum Gasteiger partial charge on any atom is -0.390 e. The average Bonchev–Trinajstić information content (AvgIpc) is 3.03. The Morgan fingerprint density at radius 1 is 1.70 bits per heavy atom. The van der Waals surface area contributed by atoms with Gasteiger partial charge in [-0.3, -0.25) is 0 Å². The van der Waals surface area contributed by atoms with Gasteiger partial charge in [-0.05, 0) is 24.0 Å². The second-order valence-electron chi connectivity index (χ2n) is 4.15. The van der Waals surface area contributed by atoms with E-state index in [0.717, 1.165) is 13.1 Å². The lowest BCUT2D eigenvalue weighted by Crippen LogP contribution is -2.30. The van der Waals surface area contributed by atoms with Gasteiger partial charge < -0.3 is 15.4 Å². The summed E-state index contributed by atoms with van der Waals surface area (Å²) in [4.78, 5) is 18.0. The van der Waals surface area contributed by atoms with Gasteiger partial charge in [0.15, 0.2) is 0 Å². The maximum absolute atomic E-state index is 10.7. The molecule has 0 aliphatic carbocycles. The van der Waals surface area contributed by atoms with Gasteiger partial charge in [-0.1, -0.05) is 4.98 Å². The molecule has 106 valence electrons. The normalized spacial score (nSPS) is 15.3. The third-order valence-electron chi connectivity index (χ3n) is 2.67. The number of hydrogen-bond acceptors (Lipinski definition) is 7. The summed E-state index contributed by atoms with van der Waals surface area (Å²) in [6.07, 6.45) is 4.89. The summed E-state index contributed by atoms with van der Waals surface area (Å²) in [7, 11) is 1.59. The van der Waals surface area contributed by atoms with E-state index in [0.29, 0.717) is 17.4 Å². The molecule has 1 aliphatic rings. The molecule has 0 atom stereocenters. The first-order chi connectivity index (χ1) is 9.58. The molecule has 1 aromatic rings. The largest absolute Gasteiger partial charge is 0.434 e. The van der Waals surface area contributed by atoms with E-state index in [2.05, 4.69) is 25.8 Å². The van der Waals surface area contributed by atoms with Crippen molar-refractivity contribution in [3.05, 3.63) is 28.1 Å². The Labute approximate surface area is 115 Å². The lowest BCUT2D eigenvalue weighted by atomic mass is 10.3. The highest BCUT2D eigenvalue weighted by Gasteiger charge is 2.14. The standard InChI is InChI=1S/C11H15N7O2/c1-8(15-16-10-12-5-6-13-10)3-4-9-7-14-11(17(9)2)18(19)20/h3-4,7H,5-6H2,1-2H3,(H2,12,13,16)/b4-3+,15-8+. The molecule has 9 heteroatoms. The van der Waals surface area contributed by atoms with Crippen LogP contribution in [0.25, 0.3) is 6.08 Å². The minimum atomic E-state index is -0.524. The summed E-state index contributed by atoms with van der Waals surface area (Å²) < 4.78 is 1.40. The number of guanidine groups is 1. The number of nitro groups is 1. The van der Waals surface area contributed by atoms with Crippen LogP contribution in [0.4, 0.5) is 5.95 Å². The van der Waals surface area contributed by atoms with Gasteiger partial charge >= 0.3 is 5.95 Å². The topological polar surface area (TPSA) is 110 Å². The lowest BCUT2D eigenvalue weighted by molar-refractivity contribution is -0.396. The fourth-order valence-electron chi connectivity index (χ4n) is 1.59. The van der Waals surface area contributed by atoms with E-state index in [4.69, 9.17) is 0 Å². The first-order valence-corrected chi connectivity index (χ1v) is 6.00. The summed E-state index contributed by atoms with van der Waals surface area (Å²) in [5.74, 6) is 0.454. The van der Waals surface area contributed by atoms with Gasteiger partial charge in [-0.2, -0.15) is 5.10 Å². The molecule has 9 nitrogen and oxygen atoms in total. The molecule has 2 N–H and O–H groups in total. The highest BCUT2D eigenvalue weighted by molar-refractivity contribution is 5.97. The Morgan fingerprint density at radius 3 is 3.10 bits per heavy atom. The van der Waals surface area contributed by atoms with Crippen molar-refractivity contribution in [1.29, 1.82) is 0 Å². The van der Waals surface area contributed by atoms with Crippen LogP contribution >= 0.6 is 0 Å². The monoisotopic (exact) mass is 277 g/mol. The summed E-state index contributed by atoms with van der Waals surface area (Å²) in [6, 6.07) is 0.